The average Bonchev–Trinajstić information content (AvgIpc) is 3.14. The van der Waals surface area contributed by atoms with Crippen LogP contribution in [0.1, 0.15) is 16.8 Å². The smallest absolute Gasteiger partial charge is 0.309 e. The van der Waals surface area contributed by atoms with Gasteiger partial charge in [-0.3, -0.25) is 9.89 Å². The lowest BCUT2D eigenvalue weighted by molar-refractivity contribution is -0.139. The van der Waals surface area contributed by atoms with Crippen molar-refractivity contribution in [1.29, 1.82) is 0 Å². The number of anilines is 4. The van der Waals surface area contributed by atoms with Crippen LogP contribution in [0.3, 0.4) is 0 Å². The van der Waals surface area contributed by atoms with E-state index in [0.29, 0.717) is 11.8 Å². The molecule has 0 radical (unpaired) electrons. The molecule has 0 aliphatic rings. The molecule has 0 saturated heterocycles. The fraction of sp³-hybridized carbons (Fsp3) is 0.182. The van der Waals surface area contributed by atoms with Crippen molar-refractivity contribution < 1.29 is 9.53 Å². The lowest BCUT2D eigenvalue weighted by Crippen LogP contribution is -2.06. The van der Waals surface area contributed by atoms with E-state index in [4.69, 9.17) is 4.74 Å². The normalized spacial score (nSPS) is 10.8. The number of aromatic amines is 1. The Morgan fingerprint density at radius 3 is 2.63 bits per heavy atom. The van der Waals surface area contributed by atoms with Crippen LogP contribution in [0.15, 0.2) is 48.5 Å². The number of para-hydroxylation sites is 1. The minimum Gasteiger partial charge on any atom is -0.469 e. The molecule has 0 spiro atoms. The van der Waals surface area contributed by atoms with Gasteiger partial charge in [0.05, 0.1) is 24.7 Å². The van der Waals surface area contributed by atoms with Crippen molar-refractivity contribution in [1.82, 2.24) is 20.2 Å². The third-order valence-corrected chi connectivity index (χ3v) is 4.72. The molecule has 2 aromatic carbocycles. The third-order valence-electron chi connectivity index (χ3n) is 4.72. The summed E-state index contributed by atoms with van der Waals surface area (Å²) in [4.78, 5) is 20.8. The maximum atomic E-state index is 11.6. The van der Waals surface area contributed by atoms with E-state index in [2.05, 4.69) is 30.8 Å². The number of fused-ring (bicyclic) bond motifs is 1. The molecule has 0 fully saturated rings. The van der Waals surface area contributed by atoms with Crippen molar-refractivity contribution in [3.63, 3.8) is 0 Å². The summed E-state index contributed by atoms with van der Waals surface area (Å²) in [6.07, 6.45) is 0.243. The van der Waals surface area contributed by atoms with E-state index >= 15 is 0 Å². The summed E-state index contributed by atoms with van der Waals surface area (Å²) in [6, 6.07) is 15.5. The maximum absolute atomic E-state index is 11.6. The Balaban J connectivity index is 1.64. The number of nitrogens with one attached hydrogen (secondary N) is 3. The van der Waals surface area contributed by atoms with Crippen molar-refractivity contribution in [2.45, 2.75) is 20.3 Å². The molecule has 30 heavy (non-hydrogen) atoms. The van der Waals surface area contributed by atoms with Gasteiger partial charge in [0.1, 0.15) is 11.6 Å². The first-order valence-electron chi connectivity index (χ1n) is 9.51. The van der Waals surface area contributed by atoms with Gasteiger partial charge in [0, 0.05) is 17.1 Å². The Kier molecular flexibility index (Phi) is 5.30. The Bertz CT molecular complexity index is 1220. The molecule has 0 aliphatic carbocycles. The number of carbonyl (C=O) groups is 1. The molecule has 4 aromatic rings. The van der Waals surface area contributed by atoms with Gasteiger partial charge in [-0.15, -0.1) is 0 Å². The number of benzene rings is 2. The van der Waals surface area contributed by atoms with E-state index in [0.717, 1.165) is 39.2 Å². The number of hydrogen-bond donors (Lipinski definition) is 3. The summed E-state index contributed by atoms with van der Waals surface area (Å²) < 4.78 is 4.75. The van der Waals surface area contributed by atoms with Crippen LogP contribution < -0.4 is 10.6 Å². The molecule has 4 rings (SSSR count). The van der Waals surface area contributed by atoms with Gasteiger partial charge in [-0.25, -0.2) is 4.98 Å². The molecule has 0 atom stereocenters. The highest BCUT2D eigenvalue weighted by atomic mass is 16.5. The summed E-state index contributed by atoms with van der Waals surface area (Å²) >= 11 is 0. The van der Waals surface area contributed by atoms with Crippen LogP contribution in [0.2, 0.25) is 0 Å². The van der Waals surface area contributed by atoms with Gasteiger partial charge in [0.25, 0.3) is 0 Å². The zero-order valence-corrected chi connectivity index (χ0v) is 17.0. The minimum absolute atomic E-state index is 0.243. The largest absolute Gasteiger partial charge is 0.469 e. The summed E-state index contributed by atoms with van der Waals surface area (Å²) in [5, 5.41) is 14.5. The Morgan fingerprint density at radius 1 is 1.07 bits per heavy atom. The minimum atomic E-state index is -0.263. The van der Waals surface area contributed by atoms with Crippen molar-refractivity contribution in [2.75, 3.05) is 17.7 Å². The summed E-state index contributed by atoms with van der Waals surface area (Å²) in [7, 11) is 1.39. The van der Waals surface area contributed by atoms with E-state index in [-0.39, 0.29) is 12.4 Å². The van der Waals surface area contributed by atoms with E-state index in [1.807, 2.05) is 62.4 Å². The van der Waals surface area contributed by atoms with Gasteiger partial charge in [-0.1, -0.05) is 18.2 Å². The summed E-state index contributed by atoms with van der Waals surface area (Å²) in [6.45, 7) is 3.87. The average molecular weight is 402 g/mol. The van der Waals surface area contributed by atoms with Crippen LogP contribution in [0, 0.1) is 13.8 Å². The van der Waals surface area contributed by atoms with Gasteiger partial charge in [0.2, 0.25) is 5.95 Å². The predicted molar refractivity (Wildman–Crippen MR) is 116 cm³/mol. The quantitative estimate of drug-likeness (QED) is 0.416. The first-order chi connectivity index (χ1) is 14.5. The van der Waals surface area contributed by atoms with Crippen LogP contribution >= 0.6 is 0 Å². The number of aromatic nitrogens is 4. The van der Waals surface area contributed by atoms with E-state index in [1.165, 1.54) is 7.11 Å². The number of aryl methyl sites for hydroxylation is 2. The highest BCUT2D eigenvalue weighted by Crippen LogP contribution is 2.26. The topological polar surface area (TPSA) is 105 Å². The number of nitrogens with zero attached hydrogens (tertiary/aromatic N) is 3. The van der Waals surface area contributed by atoms with Crippen molar-refractivity contribution in [2.24, 2.45) is 0 Å². The summed E-state index contributed by atoms with van der Waals surface area (Å²) in [5.74, 6) is 1.63. The van der Waals surface area contributed by atoms with Gasteiger partial charge >= 0.3 is 5.97 Å². The molecule has 2 heterocycles. The Hall–Kier alpha value is -3.94. The van der Waals surface area contributed by atoms with E-state index in [1.54, 1.807) is 0 Å². The maximum Gasteiger partial charge on any atom is 0.309 e. The lowest BCUT2D eigenvalue weighted by Gasteiger charge is -2.12. The van der Waals surface area contributed by atoms with Crippen LogP contribution in [0.4, 0.5) is 23.3 Å². The van der Waals surface area contributed by atoms with Gasteiger partial charge < -0.3 is 15.4 Å². The fourth-order valence-electron chi connectivity index (χ4n) is 3.17. The van der Waals surface area contributed by atoms with Gasteiger partial charge in [0.15, 0.2) is 0 Å². The predicted octanol–water partition coefficient (Wildman–Crippen LogP) is 4.17. The van der Waals surface area contributed by atoms with Gasteiger partial charge in [-0.05, 0) is 49.2 Å². The van der Waals surface area contributed by atoms with Crippen molar-refractivity contribution in [3.05, 3.63) is 65.4 Å². The van der Waals surface area contributed by atoms with Crippen LogP contribution in [0.25, 0.3) is 10.9 Å². The van der Waals surface area contributed by atoms with Crippen LogP contribution in [-0.2, 0) is 16.0 Å². The molecule has 0 amide bonds. The number of hydrogen-bond acceptors (Lipinski definition) is 7. The van der Waals surface area contributed by atoms with E-state index in [9.17, 15) is 4.79 Å². The highest BCUT2D eigenvalue weighted by Gasteiger charge is 2.11. The number of ether oxygens (including phenoxy) is 1. The number of methoxy groups -OCH3 is 1. The fourth-order valence-corrected chi connectivity index (χ4v) is 3.17. The third kappa shape index (κ3) is 4.22. The standard InChI is InChI=1S/C22H22N6O2/c1-13-10-16(9-8-15(13)12-20(29)30-3)23-22-24-18-7-5-4-6-17(18)21(26-22)25-19-11-14(2)27-28-19/h4-11H,12H2,1-3H3,(H3,23,24,25,26,27,28). The lowest BCUT2D eigenvalue weighted by atomic mass is 10.1. The van der Waals surface area contributed by atoms with Crippen molar-refractivity contribution in [3.8, 4) is 0 Å². The molecular formula is C22H22N6O2. The second-order valence-electron chi connectivity index (χ2n) is 6.98. The second kappa shape index (κ2) is 8.20. The molecule has 8 heteroatoms. The number of esters is 1. The number of rotatable bonds is 6. The molecule has 2 aromatic heterocycles. The Labute approximate surface area is 173 Å². The molecule has 0 bridgehead atoms. The monoisotopic (exact) mass is 402 g/mol. The Morgan fingerprint density at radius 2 is 1.90 bits per heavy atom. The summed E-state index contributed by atoms with van der Waals surface area (Å²) in [5.41, 5.74) is 4.44. The molecule has 152 valence electrons. The highest BCUT2D eigenvalue weighted by molar-refractivity contribution is 5.91. The molecule has 0 aliphatic heterocycles. The zero-order valence-electron chi connectivity index (χ0n) is 17.0. The van der Waals surface area contributed by atoms with Gasteiger partial charge in [-0.2, -0.15) is 10.1 Å². The second-order valence-corrected chi connectivity index (χ2v) is 6.98. The van der Waals surface area contributed by atoms with E-state index < -0.39 is 0 Å². The van der Waals surface area contributed by atoms with Crippen molar-refractivity contribution >= 4 is 40.1 Å². The molecular weight excluding hydrogens is 380 g/mol. The number of carbonyl (C=O) groups excluding carboxylic acids is 1. The number of H-pyrrole nitrogens is 1. The first kappa shape index (κ1) is 19.4. The molecule has 0 saturated carbocycles. The molecule has 8 nitrogen and oxygen atoms in total. The zero-order chi connectivity index (χ0) is 21.1. The SMILES string of the molecule is COC(=O)Cc1ccc(Nc2nc(Nc3cc(C)n[nH]3)c3ccccc3n2)cc1C. The molecule has 0 unspecified atom stereocenters. The molecule has 3 N–H and O–H groups in total. The van der Waals surface area contributed by atoms with Crippen LogP contribution in [0.5, 0.6) is 0 Å². The van der Waals surface area contributed by atoms with Crippen LogP contribution in [-0.4, -0.2) is 33.2 Å². The first-order valence-corrected chi connectivity index (χ1v) is 9.51.